The van der Waals surface area contributed by atoms with Gasteiger partial charge in [-0.15, -0.1) is 0 Å². The third-order valence-electron chi connectivity index (χ3n) is 6.24. The maximum Gasteiger partial charge on any atom is 0.417 e. The van der Waals surface area contributed by atoms with E-state index in [1.165, 1.54) is 16.1 Å². The molecule has 9 nitrogen and oxygen atoms in total. The fourth-order valence-corrected chi connectivity index (χ4v) is 4.03. The van der Waals surface area contributed by atoms with E-state index in [0.29, 0.717) is 22.5 Å². The Morgan fingerprint density at radius 1 is 1.03 bits per heavy atom. The average Bonchev–Trinajstić information content (AvgIpc) is 3.26. The highest BCUT2D eigenvalue weighted by molar-refractivity contribution is 5.99. The molecule has 4 heterocycles. The highest BCUT2D eigenvalue weighted by atomic mass is 19.4. The Kier molecular flexibility index (Phi) is 6.09. The van der Waals surface area contributed by atoms with Crippen molar-refractivity contribution in [3.05, 3.63) is 83.4 Å². The average molecular weight is 521 g/mol. The second kappa shape index (κ2) is 9.29. The van der Waals surface area contributed by atoms with Crippen LogP contribution in [-0.2, 0) is 19.8 Å². The number of rotatable bonds is 5. The van der Waals surface area contributed by atoms with Crippen molar-refractivity contribution in [2.75, 3.05) is 17.8 Å². The Morgan fingerprint density at radius 3 is 2.53 bits per heavy atom. The molecular weight excluding hydrogens is 497 g/mol. The molecule has 0 spiro atoms. The maximum atomic E-state index is 13.8. The lowest BCUT2D eigenvalue weighted by Gasteiger charge is -2.32. The van der Waals surface area contributed by atoms with E-state index in [9.17, 15) is 18.0 Å². The molecule has 4 aromatic heterocycles. The number of aromatic nitrogens is 5. The highest BCUT2D eigenvalue weighted by Crippen LogP contribution is 2.29. The van der Waals surface area contributed by atoms with Crippen molar-refractivity contribution >= 4 is 39.6 Å². The van der Waals surface area contributed by atoms with Gasteiger partial charge in [0, 0.05) is 49.0 Å². The summed E-state index contributed by atoms with van der Waals surface area (Å²) in [5.74, 6) is 0.200. The lowest BCUT2D eigenvalue weighted by molar-refractivity contribution is -0.137. The number of fused-ring (bicyclic) bond motifs is 2. The quantitative estimate of drug-likeness (QED) is 0.340. The number of pyridine rings is 2. The van der Waals surface area contributed by atoms with Gasteiger partial charge < -0.3 is 10.3 Å². The molecule has 5 aromatic rings. The number of carbonyl (C=O) groups is 1. The number of carbonyl (C=O) groups excluding carboxylic acids is 1. The molecular formula is C26H23F3N8O. The van der Waals surface area contributed by atoms with Crippen LogP contribution >= 0.6 is 0 Å². The zero-order valence-electron chi connectivity index (χ0n) is 20.7. The number of hydrogen-bond acceptors (Lipinski definition) is 7. The first kappa shape index (κ1) is 24.9. The van der Waals surface area contributed by atoms with Gasteiger partial charge in [-0.3, -0.25) is 14.8 Å². The predicted octanol–water partition coefficient (Wildman–Crippen LogP) is 4.51. The van der Waals surface area contributed by atoms with Gasteiger partial charge in [-0.25, -0.2) is 15.0 Å². The van der Waals surface area contributed by atoms with E-state index in [2.05, 4.69) is 19.9 Å². The summed E-state index contributed by atoms with van der Waals surface area (Å²) < 4.78 is 41.0. The van der Waals surface area contributed by atoms with Gasteiger partial charge >= 0.3 is 6.18 Å². The SMILES string of the molecule is Cc1cc2cc(C(=O)N(Cc3ccc(C(F)(F)F)cn3)N(C)c3ncc4ccn(C)c4n3)ccc2nc1N. The van der Waals surface area contributed by atoms with Crippen LogP contribution < -0.4 is 10.7 Å². The van der Waals surface area contributed by atoms with E-state index < -0.39 is 17.6 Å². The molecule has 0 fully saturated rings. The second-order valence-electron chi connectivity index (χ2n) is 8.90. The number of nitrogens with zero attached hydrogens (tertiary/aromatic N) is 7. The van der Waals surface area contributed by atoms with E-state index >= 15 is 0 Å². The van der Waals surface area contributed by atoms with Gasteiger partial charge in [-0.1, -0.05) is 0 Å². The number of hydrogen-bond donors (Lipinski definition) is 1. The van der Waals surface area contributed by atoms with E-state index in [-0.39, 0.29) is 18.2 Å². The van der Waals surface area contributed by atoms with E-state index in [4.69, 9.17) is 5.73 Å². The molecule has 0 aliphatic carbocycles. The monoisotopic (exact) mass is 520 g/mol. The van der Waals surface area contributed by atoms with E-state index in [1.54, 1.807) is 31.4 Å². The number of hydrazine groups is 1. The van der Waals surface area contributed by atoms with Gasteiger partial charge in [-0.05, 0) is 55.0 Å². The number of nitrogens with two attached hydrogens (primary N) is 1. The summed E-state index contributed by atoms with van der Waals surface area (Å²) >= 11 is 0. The third-order valence-corrected chi connectivity index (χ3v) is 6.24. The lowest BCUT2D eigenvalue weighted by Crippen LogP contribution is -2.45. The molecule has 0 unspecified atom stereocenters. The number of benzene rings is 1. The molecule has 0 saturated heterocycles. The standard InChI is InChI=1S/C26H23F3N8O/c1-15-10-18-11-16(4-7-21(18)33-22(15)30)24(38)37(14-20-6-5-19(13-31-20)26(27,28)29)36(3)25-32-12-17-8-9-35(2)23(17)34-25/h4-13H,14H2,1-3H3,(H2,30,33). The fraction of sp³-hybridized carbons (Fsp3) is 0.192. The number of nitrogen functional groups attached to an aromatic ring is 1. The number of anilines is 2. The Hall–Kier alpha value is -4.74. The first-order chi connectivity index (χ1) is 18.0. The summed E-state index contributed by atoms with van der Waals surface area (Å²) in [5, 5.41) is 4.34. The van der Waals surface area contributed by atoms with Gasteiger partial charge in [0.2, 0.25) is 5.95 Å². The molecule has 0 aliphatic heterocycles. The summed E-state index contributed by atoms with van der Waals surface area (Å²) in [7, 11) is 3.45. The van der Waals surface area contributed by atoms with Crippen molar-refractivity contribution in [3.8, 4) is 0 Å². The Balaban J connectivity index is 1.54. The van der Waals surface area contributed by atoms with Gasteiger partial charge in [0.05, 0.1) is 23.3 Å². The van der Waals surface area contributed by atoms with Crippen LogP contribution in [-0.4, -0.2) is 42.5 Å². The molecule has 0 aliphatic rings. The zero-order valence-corrected chi connectivity index (χ0v) is 20.7. The van der Waals surface area contributed by atoms with Gasteiger partial charge in [0.1, 0.15) is 11.5 Å². The van der Waals surface area contributed by atoms with Crippen molar-refractivity contribution in [1.29, 1.82) is 0 Å². The predicted molar refractivity (Wildman–Crippen MR) is 137 cm³/mol. The third kappa shape index (κ3) is 4.67. The highest BCUT2D eigenvalue weighted by Gasteiger charge is 2.31. The topological polar surface area (TPSA) is 106 Å². The number of amides is 1. The largest absolute Gasteiger partial charge is 0.417 e. The molecule has 12 heteroatoms. The number of aryl methyl sites for hydroxylation is 2. The number of halogens is 3. The minimum atomic E-state index is -4.52. The summed E-state index contributed by atoms with van der Waals surface area (Å²) in [6, 6.07) is 10.9. The van der Waals surface area contributed by atoms with Gasteiger partial charge in [0.15, 0.2) is 0 Å². The second-order valence-corrected chi connectivity index (χ2v) is 8.90. The van der Waals surface area contributed by atoms with Crippen molar-refractivity contribution in [3.63, 3.8) is 0 Å². The molecule has 194 valence electrons. The molecule has 0 bridgehead atoms. The van der Waals surface area contributed by atoms with Gasteiger partial charge in [-0.2, -0.15) is 18.2 Å². The first-order valence-electron chi connectivity index (χ1n) is 11.5. The van der Waals surface area contributed by atoms with Crippen molar-refractivity contribution < 1.29 is 18.0 Å². The summed E-state index contributed by atoms with van der Waals surface area (Å²) in [6.07, 6.45) is -0.283. The van der Waals surface area contributed by atoms with Crippen molar-refractivity contribution in [2.45, 2.75) is 19.6 Å². The summed E-state index contributed by atoms with van der Waals surface area (Å²) in [4.78, 5) is 31.1. The maximum absolute atomic E-state index is 13.8. The molecule has 0 atom stereocenters. The smallest absolute Gasteiger partial charge is 0.383 e. The minimum Gasteiger partial charge on any atom is -0.383 e. The van der Waals surface area contributed by atoms with Crippen LogP contribution in [0, 0.1) is 6.92 Å². The van der Waals surface area contributed by atoms with E-state index in [0.717, 1.165) is 28.6 Å². The zero-order chi connectivity index (χ0) is 27.2. The molecule has 1 amide bonds. The fourth-order valence-electron chi connectivity index (χ4n) is 4.03. The minimum absolute atomic E-state index is 0.126. The van der Waals surface area contributed by atoms with Crippen LogP contribution in [0.3, 0.4) is 0 Å². The Morgan fingerprint density at radius 2 is 1.82 bits per heavy atom. The van der Waals surface area contributed by atoms with Crippen LogP contribution in [0.15, 0.2) is 61.1 Å². The Labute approximate surface area is 215 Å². The van der Waals surface area contributed by atoms with Crippen LogP contribution in [0.4, 0.5) is 24.9 Å². The van der Waals surface area contributed by atoms with Gasteiger partial charge in [0.25, 0.3) is 5.91 Å². The normalized spacial score (nSPS) is 11.7. The van der Waals surface area contributed by atoms with Crippen LogP contribution in [0.2, 0.25) is 0 Å². The van der Waals surface area contributed by atoms with Crippen LogP contribution in [0.1, 0.15) is 27.2 Å². The van der Waals surface area contributed by atoms with Crippen LogP contribution in [0.5, 0.6) is 0 Å². The molecule has 2 N–H and O–H groups in total. The lowest BCUT2D eigenvalue weighted by atomic mass is 10.1. The van der Waals surface area contributed by atoms with E-state index in [1.807, 2.05) is 36.9 Å². The van der Waals surface area contributed by atoms with Crippen molar-refractivity contribution in [2.24, 2.45) is 7.05 Å². The number of alkyl halides is 3. The molecule has 5 rings (SSSR count). The Bertz CT molecular complexity index is 1660. The van der Waals surface area contributed by atoms with Crippen molar-refractivity contribution in [1.82, 2.24) is 29.5 Å². The van der Waals surface area contributed by atoms with Crippen LogP contribution in [0.25, 0.3) is 21.9 Å². The summed E-state index contributed by atoms with van der Waals surface area (Å²) in [6.45, 7) is 1.70. The molecule has 1 aromatic carbocycles. The molecule has 0 saturated carbocycles. The summed E-state index contributed by atoms with van der Waals surface area (Å²) in [5.41, 5.74) is 7.69. The molecule has 38 heavy (non-hydrogen) atoms. The first-order valence-corrected chi connectivity index (χ1v) is 11.5. The molecule has 0 radical (unpaired) electrons.